The van der Waals surface area contributed by atoms with Gasteiger partial charge >= 0.3 is 0 Å². The summed E-state index contributed by atoms with van der Waals surface area (Å²) in [6, 6.07) is 6.24. The van der Waals surface area contributed by atoms with Crippen molar-refractivity contribution in [2.24, 2.45) is 11.8 Å². The van der Waals surface area contributed by atoms with Gasteiger partial charge in [-0.2, -0.15) is 0 Å². The molecule has 0 bridgehead atoms. The van der Waals surface area contributed by atoms with Crippen LogP contribution in [0.3, 0.4) is 0 Å². The van der Waals surface area contributed by atoms with Crippen LogP contribution in [0.15, 0.2) is 28.9 Å². The molecule has 2 aliphatic rings. The Kier molecular flexibility index (Phi) is 4.61. The van der Waals surface area contributed by atoms with Crippen LogP contribution in [0.4, 0.5) is 0 Å². The van der Waals surface area contributed by atoms with Crippen molar-refractivity contribution in [2.45, 2.75) is 45.8 Å². The third-order valence-corrected chi connectivity index (χ3v) is 5.10. The van der Waals surface area contributed by atoms with Gasteiger partial charge in [0.25, 0.3) is 0 Å². The van der Waals surface area contributed by atoms with E-state index in [0.29, 0.717) is 12.3 Å². The average molecular weight is 342 g/mol. The fourth-order valence-electron chi connectivity index (χ4n) is 3.65. The molecule has 0 saturated heterocycles. The SMILES string of the molecule is Cc1cc(CN2Cc3cccn3C[C@H](CC(=O)NCC3CC3)C2)no1. The number of hydrogen-bond acceptors (Lipinski definition) is 4. The molecule has 2 aromatic heterocycles. The van der Waals surface area contributed by atoms with Gasteiger partial charge in [-0.25, -0.2) is 0 Å². The maximum atomic E-state index is 12.3. The first kappa shape index (κ1) is 16.4. The summed E-state index contributed by atoms with van der Waals surface area (Å²) in [4.78, 5) is 14.7. The van der Waals surface area contributed by atoms with E-state index in [1.165, 1.54) is 18.5 Å². The summed E-state index contributed by atoms with van der Waals surface area (Å²) >= 11 is 0. The Morgan fingerprint density at radius 3 is 3.00 bits per heavy atom. The van der Waals surface area contributed by atoms with Crippen LogP contribution >= 0.6 is 0 Å². The Morgan fingerprint density at radius 1 is 1.36 bits per heavy atom. The van der Waals surface area contributed by atoms with Gasteiger partial charge < -0.3 is 14.4 Å². The molecule has 1 amide bonds. The van der Waals surface area contributed by atoms with Gasteiger partial charge in [0, 0.05) is 57.1 Å². The molecule has 1 aliphatic heterocycles. The Bertz CT molecular complexity index is 731. The van der Waals surface area contributed by atoms with Gasteiger partial charge in [0.05, 0.1) is 5.69 Å². The first-order valence-electron chi connectivity index (χ1n) is 9.21. The minimum atomic E-state index is 0.185. The van der Waals surface area contributed by atoms with Crippen molar-refractivity contribution in [3.05, 3.63) is 41.5 Å². The smallest absolute Gasteiger partial charge is 0.220 e. The van der Waals surface area contributed by atoms with E-state index in [1.807, 2.05) is 13.0 Å². The number of hydrogen-bond donors (Lipinski definition) is 1. The van der Waals surface area contributed by atoms with E-state index in [2.05, 4.69) is 38.3 Å². The minimum absolute atomic E-state index is 0.185. The van der Waals surface area contributed by atoms with Crippen LogP contribution in [-0.4, -0.2) is 33.6 Å². The third-order valence-electron chi connectivity index (χ3n) is 5.10. The first-order valence-corrected chi connectivity index (χ1v) is 9.21. The molecule has 1 fully saturated rings. The first-order chi connectivity index (χ1) is 12.2. The van der Waals surface area contributed by atoms with Crippen LogP contribution in [-0.2, 0) is 24.4 Å². The van der Waals surface area contributed by atoms with E-state index < -0.39 is 0 Å². The molecule has 0 spiro atoms. The van der Waals surface area contributed by atoms with Crippen molar-refractivity contribution >= 4 is 5.91 Å². The summed E-state index contributed by atoms with van der Waals surface area (Å²) in [7, 11) is 0. The van der Waals surface area contributed by atoms with E-state index in [9.17, 15) is 4.79 Å². The van der Waals surface area contributed by atoms with Crippen LogP contribution in [0, 0.1) is 18.8 Å². The van der Waals surface area contributed by atoms with Crippen LogP contribution in [0.25, 0.3) is 0 Å². The van der Waals surface area contributed by atoms with E-state index in [4.69, 9.17) is 4.52 Å². The van der Waals surface area contributed by atoms with E-state index >= 15 is 0 Å². The molecule has 6 heteroatoms. The highest BCUT2D eigenvalue weighted by atomic mass is 16.5. The number of aromatic nitrogens is 2. The highest BCUT2D eigenvalue weighted by Gasteiger charge is 2.26. The lowest BCUT2D eigenvalue weighted by Gasteiger charge is -2.22. The maximum Gasteiger partial charge on any atom is 0.220 e. The molecule has 1 saturated carbocycles. The van der Waals surface area contributed by atoms with E-state index in [0.717, 1.165) is 50.1 Å². The zero-order valence-corrected chi connectivity index (χ0v) is 14.8. The molecule has 25 heavy (non-hydrogen) atoms. The number of fused-ring (bicyclic) bond motifs is 1. The Labute approximate surface area is 148 Å². The van der Waals surface area contributed by atoms with Gasteiger partial charge in [-0.3, -0.25) is 9.69 Å². The number of carbonyl (C=O) groups is 1. The van der Waals surface area contributed by atoms with Crippen LogP contribution in [0.5, 0.6) is 0 Å². The van der Waals surface area contributed by atoms with Crippen LogP contribution in [0.2, 0.25) is 0 Å². The zero-order valence-electron chi connectivity index (χ0n) is 14.8. The van der Waals surface area contributed by atoms with Crippen molar-refractivity contribution < 1.29 is 9.32 Å². The minimum Gasteiger partial charge on any atom is -0.361 e. The van der Waals surface area contributed by atoms with Crippen molar-refractivity contribution in [1.29, 1.82) is 0 Å². The zero-order chi connectivity index (χ0) is 17.2. The van der Waals surface area contributed by atoms with Gasteiger partial charge in [-0.05, 0) is 43.7 Å². The molecule has 0 aromatic carbocycles. The van der Waals surface area contributed by atoms with Crippen LogP contribution < -0.4 is 5.32 Å². The van der Waals surface area contributed by atoms with Crippen molar-refractivity contribution in [3.63, 3.8) is 0 Å². The van der Waals surface area contributed by atoms with Gasteiger partial charge in [-0.15, -0.1) is 0 Å². The normalized spacial score (nSPS) is 20.9. The summed E-state index contributed by atoms with van der Waals surface area (Å²) in [5.41, 5.74) is 2.25. The molecule has 0 unspecified atom stereocenters. The highest BCUT2D eigenvalue weighted by molar-refractivity contribution is 5.76. The van der Waals surface area contributed by atoms with Crippen molar-refractivity contribution in [1.82, 2.24) is 19.9 Å². The molecule has 2 aromatic rings. The molecule has 6 nitrogen and oxygen atoms in total. The Morgan fingerprint density at radius 2 is 2.24 bits per heavy atom. The molecule has 0 radical (unpaired) electrons. The standard InChI is InChI=1S/C19H26N4O2/c1-14-7-17(21-25-14)12-22-10-16(8-19(24)20-9-15-4-5-15)11-23-6-2-3-18(23)13-22/h2-3,6-7,15-16H,4-5,8-13H2,1H3,(H,20,24)/t16-/m1/s1. The number of aryl methyl sites for hydroxylation is 1. The van der Waals surface area contributed by atoms with Crippen molar-refractivity contribution in [3.8, 4) is 0 Å². The van der Waals surface area contributed by atoms with Gasteiger partial charge in [0.1, 0.15) is 5.76 Å². The number of carbonyl (C=O) groups excluding carboxylic acids is 1. The molecule has 1 N–H and O–H groups in total. The number of nitrogens with zero attached hydrogens (tertiary/aromatic N) is 3. The molecular formula is C19H26N4O2. The quantitative estimate of drug-likeness (QED) is 0.875. The second-order valence-corrected chi connectivity index (χ2v) is 7.57. The topological polar surface area (TPSA) is 63.3 Å². The summed E-state index contributed by atoms with van der Waals surface area (Å²) in [6.45, 7) is 6.18. The second-order valence-electron chi connectivity index (χ2n) is 7.57. The molecule has 1 atom stereocenters. The van der Waals surface area contributed by atoms with Gasteiger partial charge in [0.15, 0.2) is 0 Å². The summed E-state index contributed by atoms with van der Waals surface area (Å²) < 4.78 is 7.48. The molecule has 3 heterocycles. The van der Waals surface area contributed by atoms with Gasteiger partial charge in [-0.1, -0.05) is 5.16 Å². The fraction of sp³-hybridized carbons (Fsp3) is 0.579. The molecule has 1 aliphatic carbocycles. The lowest BCUT2D eigenvalue weighted by Crippen LogP contribution is -2.33. The predicted octanol–water partition coefficient (Wildman–Crippen LogP) is 2.33. The number of rotatable bonds is 6. The third kappa shape index (κ3) is 4.31. The van der Waals surface area contributed by atoms with E-state index in [-0.39, 0.29) is 5.91 Å². The van der Waals surface area contributed by atoms with Crippen LogP contribution in [0.1, 0.15) is 36.4 Å². The molecular weight excluding hydrogens is 316 g/mol. The van der Waals surface area contributed by atoms with E-state index in [1.54, 1.807) is 0 Å². The van der Waals surface area contributed by atoms with Crippen molar-refractivity contribution in [2.75, 3.05) is 13.1 Å². The Balaban J connectivity index is 1.41. The average Bonchev–Trinajstić information content (AvgIpc) is 3.22. The summed E-state index contributed by atoms with van der Waals surface area (Å²) in [5.74, 6) is 2.05. The number of amides is 1. The Hall–Kier alpha value is -2.08. The largest absolute Gasteiger partial charge is 0.361 e. The van der Waals surface area contributed by atoms with Gasteiger partial charge in [0.2, 0.25) is 5.91 Å². The second kappa shape index (κ2) is 7.04. The number of nitrogens with one attached hydrogen (secondary N) is 1. The highest BCUT2D eigenvalue weighted by Crippen LogP contribution is 2.27. The monoisotopic (exact) mass is 342 g/mol. The fourth-order valence-corrected chi connectivity index (χ4v) is 3.65. The lowest BCUT2D eigenvalue weighted by molar-refractivity contribution is -0.122. The summed E-state index contributed by atoms with van der Waals surface area (Å²) in [6.07, 6.45) is 5.23. The molecule has 134 valence electrons. The predicted molar refractivity (Wildman–Crippen MR) is 93.6 cm³/mol. The summed E-state index contributed by atoms with van der Waals surface area (Å²) in [5, 5.41) is 7.23. The maximum absolute atomic E-state index is 12.3. The lowest BCUT2D eigenvalue weighted by atomic mass is 10.0. The molecule has 4 rings (SSSR count).